The van der Waals surface area contributed by atoms with Gasteiger partial charge in [0.1, 0.15) is 0 Å². The Labute approximate surface area is 193 Å². The van der Waals surface area contributed by atoms with Crippen LogP contribution in [0.5, 0.6) is 23.0 Å². The van der Waals surface area contributed by atoms with E-state index < -0.39 is 21.2 Å². The molecule has 0 radical (unpaired) electrons. The summed E-state index contributed by atoms with van der Waals surface area (Å²) in [6.45, 7) is 0. The maximum Gasteiger partial charge on any atom is 0.283 e. The molecule has 0 spiro atoms. The zero-order valence-corrected chi connectivity index (χ0v) is 18.2. The lowest BCUT2D eigenvalue weighted by Crippen LogP contribution is -1.98. The number of ether oxygens (including phenoxy) is 2. The largest absolute Gasteiger partial charge is 0.504 e. The molecule has 0 fully saturated rings. The van der Waals surface area contributed by atoms with Crippen LogP contribution in [0.15, 0.2) is 48.5 Å². The number of phenolic OH excluding ortho intramolecular Hbond substituents is 2. The van der Waals surface area contributed by atoms with Crippen LogP contribution in [0.1, 0.15) is 22.3 Å². The standard InChI is InChI=1S/C24H20N2O8/c1-33-21-7-3-5-15(23(21)27)9-11-17-13-18(20(26(31)32)14-19(17)25(29)30)12-10-16-6-4-8-22(34-2)24(16)28/h3-14,27-28H,1-2H3. The van der Waals surface area contributed by atoms with Crippen LogP contribution in [0, 0.1) is 20.2 Å². The van der Waals surface area contributed by atoms with Crippen molar-refractivity contribution in [3.63, 3.8) is 0 Å². The maximum absolute atomic E-state index is 11.6. The number of nitro benzene ring substituents is 2. The fourth-order valence-electron chi connectivity index (χ4n) is 3.23. The molecule has 3 aromatic carbocycles. The van der Waals surface area contributed by atoms with Crippen LogP contribution in [-0.2, 0) is 0 Å². The van der Waals surface area contributed by atoms with Gasteiger partial charge in [-0.25, -0.2) is 0 Å². The van der Waals surface area contributed by atoms with E-state index in [1.54, 1.807) is 36.4 Å². The first-order chi connectivity index (χ1) is 16.3. The van der Waals surface area contributed by atoms with Gasteiger partial charge in [-0.3, -0.25) is 20.2 Å². The molecule has 2 N–H and O–H groups in total. The number of hydrogen-bond donors (Lipinski definition) is 2. The quantitative estimate of drug-likeness (QED) is 0.260. The second-order valence-corrected chi connectivity index (χ2v) is 6.95. The smallest absolute Gasteiger partial charge is 0.283 e. The number of nitro groups is 2. The number of para-hydroxylation sites is 2. The van der Waals surface area contributed by atoms with Crippen LogP contribution < -0.4 is 9.47 Å². The fraction of sp³-hybridized carbons (Fsp3) is 0.0833. The Kier molecular flexibility index (Phi) is 7.12. The van der Waals surface area contributed by atoms with Crippen molar-refractivity contribution in [2.45, 2.75) is 0 Å². The summed E-state index contributed by atoms with van der Waals surface area (Å²) in [5.41, 5.74) is -0.131. The number of phenols is 2. The third kappa shape index (κ3) is 4.96. The predicted octanol–water partition coefficient (Wildman–Crippen LogP) is 5.27. The lowest BCUT2D eigenvalue weighted by molar-refractivity contribution is -0.394. The van der Waals surface area contributed by atoms with E-state index in [1.165, 1.54) is 44.6 Å². The van der Waals surface area contributed by atoms with Gasteiger partial charge in [0.05, 0.1) is 41.3 Å². The van der Waals surface area contributed by atoms with Gasteiger partial charge in [-0.2, -0.15) is 0 Å². The molecule has 10 heteroatoms. The van der Waals surface area contributed by atoms with Gasteiger partial charge in [-0.05, 0) is 30.4 Å². The van der Waals surface area contributed by atoms with Crippen LogP contribution >= 0.6 is 0 Å². The first-order valence-electron chi connectivity index (χ1n) is 9.81. The van der Waals surface area contributed by atoms with Crippen molar-refractivity contribution in [3.8, 4) is 23.0 Å². The van der Waals surface area contributed by atoms with Gasteiger partial charge in [0, 0.05) is 11.1 Å². The highest BCUT2D eigenvalue weighted by molar-refractivity contribution is 5.83. The van der Waals surface area contributed by atoms with Gasteiger partial charge in [0.2, 0.25) is 0 Å². The van der Waals surface area contributed by atoms with Crippen LogP contribution in [0.3, 0.4) is 0 Å². The predicted molar refractivity (Wildman–Crippen MR) is 127 cm³/mol. The zero-order valence-electron chi connectivity index (χ0n) is 18.2. The molecule has 0 heterocycles. The van der Waals surface area contributed by atoms with E-state index in [-0.39, 0.29) is 34.1 Å². The Morgan fingerprint density at radius 1 is 0.676 bits per heavy atom. The highest BCUT2D eigenvalue weighted by atomic mass is 16.6. The molecule has 34 heavy (non-hydrogen) atoms. The molecule has 0 aliphatic heterocycles. The minimum absolute atomic E-state index is 0.0762. The summed E-state index contributed by atoms with van der Waals surface area (Å²) in [5.74, 6) is 0.142. The number of methoxy groups -OCH3 is 2. The number of aromatic hydroxyl groups is 2. The maximum atomic E-state index is 11.6. The minimum atomic E-state index is -0.723. The number of nitrogens with zero attached hydrogens (tertiary/aromatic N) is 2. The number of hydrogen-bond acceptors (Lipinski definition) is 8. The van der Waals surface area contributed by atoms with Crippen molar-refractivity contribution < 1.29 is 29.5 Å². The summed E-state index contributed by atoms with van der Waals surface area (Å²) in [6.07, 6.45) is 5.62. The van der Waals surface area contributed by atoms with Crippen molar-refractivity contribution in [1.29, 1.82) is 0 Å². The van der Waals surface area contributed by atoms with Crippen LogP contribution in [-0.4, -0.2) is 34.3 Å². The highest BCUT2D eigenvalue weighted by Crippen LogP contribution is 2.35. The van der Waals surface area contributed by atoms with Gasteiger partial charge >= 0.3 is 0 Å². The third-order valence-electron chi connectivity index (χ3n) is 4.95. The minimum Gasteiger partial charge on any atom is -0.504 e. The molecule has 0 unspecified atom stereocenters. The third-order valence-corrected chi connectivity index (χ3v) is 4.95. The average Bonchev–Trinajstić information content (AvgIpc) is 2.82. The Balaban J connectivity index is 2.12. The van der Waals surface area contributed by atoms with E-state index in [2.05, 4.69) is 0 Å². The molecule has 3 aromatic rings. The molecule has 174 valence electrons. The van der Waals surface area contributed by atoms with Crippen LogP contribution in [0.25, 0.3) is 24.3 Å². The Morgan fingerprint density at radius 3 is 1.41 bits per heavy atom. The van der Waals surface area contributed by atoms with Crippen molar-refractivity contribution in [2.75, 3.05) is 14.2 Å². The molecule has 0 saturated carbocycles. The van der Waals surface area contributed by atoms with E-state index in [0.717, 1.165) is 6.07 Å². The SMILES string of the molecule is COc1cccc(C=Cc2cc(C=Cc3cccc(OC)c3O)c([N+](=O)[O-])cc2[N+](=O)[O-])c1O. The Morgan fingerprint density at radius 2 is 1.06 bits per heavy atom. The monoisotopic (exact) mass is 464 g/mol. The van der Waals surface area contributed by atoms with Crippen molar-refractivity contribution >= 4 is 35.7 Å². The lowest BCUT2D eigenvalue weighted by Gasteiger charge is -2.06. The van der Waals surface area contributed by atoms with Gasteiger partial charge in [-0.15, -0.1) is 0 Å². The Hall–Kier alpha value is -4.86. The number of rotatable bonds is 8. The lowest BCUT2D eigenvalue weighted by atomic mass is 10.0. The second kappa shape index (κ2) is 10.2. The van der Waals surface area contributed by atoms with E-state index in [4.69, 9.17) is 9.47 Å². The summed E-state index contributed by atoms with van der Waals surface area (Å²) in [4.78, 5) is 21.7. The molecule has 10 nitrogen and oxygen atoms in total. The normalized spacial score (nSPS) is 11.1. The summed E-state index contributed by atoms with van der Waals surface area (Å²) in [7, 11) is 2.78. The number of benzene rings is 3. The molecule has 0 bridgehead atoms. The molecular formula is C24H20N2O8. The molecule has 0 aromatic heterocycles. The molecule has 3 rings (SSSR count). The molecule has 0 aliphatic rings. The zero-order chi connectivity index (χ0) is 24.8. The summed E-state index contributed by atoms with van der Waals surface area (Å²) in [6, 6.07) is 11.7. The van der Waals surface area contributed by atoms with Crippen molar-refractivity contribution in [2.24, 2.45) is 0 Å². The molecule has 0 saturated heterocycles. The molecular weight excluding hydrogens is 444 g/mol. The Bertz CT molecular complexity index is 1220. The van der Waals surface area contributed by atoms with E-state index in [1.807, 2.05) is 0 Å². The summed E-state index contributed by atoms with van der Waals surface area (Å²) < 4.78 is 10.1. The van der Waals surface area contributed by atoms with Crippen molar-refractivity contribution in [3.05, 3.63) is 91.0 Å². The first-order valence-corrected chi connectivity index (χ1v) is 9.81. The van der Waals surface area contributed by atoms with Gasteiger partial charge in [0.25, 0.3) is 11.4 Å². The molecule has 0 aliphatic carbocycles. The highest BCUT2D eigenvalue weighted by Gasteiger charge is 2.22. The summed E-state index contributed by atoms with van der Waals surface area (Å²) in [5, 5.41) is 43.7. The van der Waals surface area contributed by atoms with E-state index in [9.17, 15) is 30.4 Å². The topological polar surface area (TPSA) is 145 Å². The summed E-state index contributed by atoms with van der Waals surface area (Å²) >= 11 is 0. The van der Waals surface area contributed by atoms with E-state index >= 15 is 0 Å². The first kappa shape index (κ1) is 23.8. The fourth-order valence-corrected chi connectivity index (χ4v) is 3.23. The van der Waals surface area contributed by atoms with Gasteiger partial charge < -0.3 is 19.7 Å². The second-order valence-electron chi connectivity index (χ2n) is 6.95. The molecule has 0 atom stereocenters. The average molecular weight is 464 g/mol. The van der Waals surface area contributed by atoms with Crippen LogP contribution in [0.2, 0.25) is 0 Å². The van der Waals surface area contributed by atoms with E-state index in [0.29, 0.717) is 11.1 Å². The van der Waals surface area contributed by atoms with Crippen molar-refractivity contribution in [1.82, 2.24) is 0 Å². The van der Waals surface area contributed by atoms with Gasteiger partial charge in [-0.1, -0.05) is 36.4 Å². The molecule has 0 amide bonds. The van der Waals surface area contributed by atoms with Crippen LogP contribution in [0.4, 0.5) is 11.4 Å². The van der Waals surface area contributed by atoms with Gasteiger partial charge in [0.15, 0.2) is 23.0 Å².